The molecular formula is C8H14O3. The first-order valence-corrected chi connectivity index (χ1v) is 3.90. The average molecular weight is 158 g/mol. The number of aliphatic carboxylic acids is 1. The molecule has 0 heterocycles. The van der Waals surface area contributed by atoms with Gasteiger partial charge in [-0.3, -0.25) is 9.59 Å². The zero-order chi connectivity index (χ0) is 8.69. The van der Waals surface area contributed by atoms with E-state index < -0.39 is 5.97 Å². The quantitative estimate of drug-likeness (QED) is 0.664. The third-order valence-electron chi connectivity index (χ3n) is 1.38. The Kier molecular flexibility index (Phi) is 5.43. The van der Waals surface area contributed by atoms with Crippen LogP contribution in [0.2, 0.25) is 0 Å². The average Bonchev–Trinajstić information content (AvgIpc) is 1.85. The van der Waals surface area contributed by atoms with E-state index in [4.69, 9.17) is 5.11 Å². The lowest BCUT2D eigenvalue weighted by molar-refractivity contribution is -0.137. The van der Waals surface area contributed by atoms with Gasteiger partial charge in [0.2, 0.25) is 0 Å². The number of carboxylic acids is 1. The van der Waals surface area contributed by atoms with Crippen LogP contribution in [0.25, 0.3) is 0 Å². The van der Waals surface area contributed by atoms with E-state index in [0.29, 0.717) is 12.2 Å². The molecule has 0 unspecified atom stereocenters. The molecule has 0 aromatic rings. The maximum atomic E-state index is 9.90. The molecule has 3 nitrogen and oxygen atoms in total. The van der Waals surface area contributed by atoms with Crippen LogP contribution in [0.3, 0.4) is 0 Å². The van der Waals surface area contributed by atoms with Gasteiger partial charge in [-0.1, -0.05) is 6.92 Å². The fourth-order valence-corrected chi connectivity index (χ4v) is 0.535. The van der Waals surface area contributed by atoms with Crippen molar-refractivity contribution in [1.29, 1.82) is 0 Å². The Morgan fingerprint density at radius 1 is 1.55 bits per heavy atom. The van der Waals surface area contributed by atoms with Crippen LogP contribution in [0.5, 0.6) is 0 Å². The number of carbonyl (C=O) groups is 2. The molecule has 0 amide bonds. The van der Waals surface area contributed by atoms with Crippen molar-refractivity contribution in [2.24, 2.45) is 0 Å². The highest BCUT2D eigenvalue weighted by Gasteiger charge is 2.09. The summed E-state index contributed by atoms with van der Waals surface area (Å²) in [6, 6.07) is 0. The molecule has 0 bridgehead atoms. The Morgan fingerprint density at radius 3 is 2.00 bits per heavy atom. The minimum absolute atomic E-state index is 0.292. The summed E-state index contributed by atoms with van der Waals surface area (Å²) >= 11 is 0. The first-order chi connectivity index (χ1) is 5.16. The molecule has 0 aromatic heterocycles. The van der Waals surface area contributed by atoms with Crippen molar-refractivity contribution in [2.45, 2.75) is 39.0 Å². The topological polar surface area (TPSA) is 54.4 Å². The van der Waals surface area contributed by atoms with Gasteiger partial charge in [0, 0.05) is 19.3 Å². The fraction of sp³-hybridized carbons (Fsp3) is 0.750. The molecular weight excluding hydrogens is 144 g/mol. The van der Waals surface area contributed by atoms with Crippen LogP contribution in [0, 0.1) is 0 Å². The number of carboxylic acid groups (broad SMARTS) is 1. The summed E-state index contributed by atoms with van der Waals surface area (Å²) in [7, 11) is 0. The van der Waals surface area contributed by atoms with Gasteiger partial charge in [-0.25, -0.2) is 0 Å². The molecule has 0 radical (unpaired) electrons. The van der Waals surface area contributed by atoms with E-state index in [1.54, 1.807) is 0 Å². The fourth-order valence-electron chi connectivity index (χ4n) is 0.535. The van der Waals surface area contributed by atoms with E-state index in [2.05, 4.69) is 0 Å². The molecule has 11 heavy (non-hydrogen) atoms. The van der Waals surface area contributed by atoms with E-state index >= 15 is 0 Å². The molecule has 64 valence electrons. The number of rotatable bonds is 2. The van der Waals surface area contributed by atoms with Crippen molar-refractivity contribution in [3.63, 3.8) is 0 Å². The molecule has 1 rings (SSSR count). The van der Waals surface area contributed by atoms with Crippen LogP contribution in [-0.2, 0) is 9.59 Å². The van der Waals surface area contributed by atoms with Gasteiger partial charge in [0.15, 0.2) is 0 Å². The second-order valence-electron chi connectivity index (χ2n) is 2.54. The van der Waals surface area contributed by atoms with Gasteiger partial charge in [0.05, 0.1) is 0 Å². The second kappa shape index (κ2) is 5.89. The van der Waals surface area contributed by atoms with E-state index in [-0.39, 0.29) is 0 Å². The number of hydrogen-bond donors (Lipinski definition) is 1. The molecule has 1 N–H and O–H groups in total. The highest BCUT2D eigenvalue weighted by atomic mass is 16.4. The van der Waals surface area contributed by atoms with Crippen LogP contribution in [0.4, 0.5) is 0 Å². The Labute approximate surface area is 66.4 Å². The predicted molar refractivity (Wildman–Crippen MR) is 41.4 cm³/mol. The number of Topliss-reactive ketones (excluding diaryl/α,β-unsaturated/α-hetero) is 1. The summed E-state index contributed by atoms with van der Waals surface area (Å²) in [4.78, 5) is 19.5. The van der Waals surface area contributed by atoms with Crippen molar-refractivity contribution in [2.75, 3.05) is 0 Å². The number of carbonyl (C=O) groups excluding carboxylic acids is 1. The van der Waals surface area contributed by atoms with Crippen LogP contribution >= 0.6 is 0 Å². The minimum atomic E-state index is -0.711. The number of hydrogen-bond acceptors (Lipinski definition) is 2. The Morgan fingerprint density at radius 2 is 2.00 bits per heavy atom. The maximum absolute atomic E-state index is 9.90. The lowest BCUT2D eigenvalue weighted by Gasteiger charge is -2.05. The Bertz CT molecular complexity index is 134. The van der Waals surface area contributed by atoms with Crippen LogP contribution in [0.15, 0.2) is 0 Å². The first kappa shape index (κ1) is 10.1. The maximum Gasteiger partial charge on any atom is 0.303 e. The van der Waals surface area contributed by atoms with E-state index in [9.17, 15) is 9.59 Å². The molecule has 0 spiro atoms. The molecule has 1 fully saturated rings. The molecule has 1 aliphatic carbocycles. The number of ketones is 1. The molecule has 0 saturated heterocycles. The van der Waals surface area contributed by atoms with Crippen molar-refractivity contribution in [3.05, 3.63) is 0 Å². The Hall–Kier alpha value is -0.860. The third kappa shape index (κ3) is 7.03. The summed E-state index contributed by atoms with van der Waals surface area (Å²) in [5, 5.41) is 7.91. The lowest BCUT2D eigenvalue weighted by Crippen LogP contribution is -2.07. The zero-order valence-corrected chi connectivity index (χ0v) is 6.80. The van der Waals surface area contributed by atoms with Crippen molar-refractivity contribution >= 4 is 11.8 Å². The molecule has 3 heteroatoms. The van der Waals surface area contributed by atoms with Crippen LogP contribution in [0.1, 0.15) is 39.0 Å². The summed E-state index contributed by atoms with van der Waals surface area (Å²) < 4.78 is 0. The summed E-state index contributed by atoms with van der Waals surface area (Å²) in [6.07, 6.45) is 3.86. The summed E-state index contributed by atoms with van der Waals surface area (Å²) in [5.74, 6) is -0.275. The zero-order valence-electron chi connectivity index (χ0n) is 6.80. The van der Waals surface area contributed by atoms with Crippen molar-refractivity contribution < 1.29 is 14.7 Å². The van der Waals surface area contributed by atoms with Gasteiger partial charge >= 0.3 is 5.97 Å². The minimum Gasteiger partial charge on any atom is -0.481 e. The largest absolute Gasteiger partial charge is 0.481 e. The smallest absolute Gasteiger partial charge is 0.303 e. The van der Waals surface area contributed by atoms with Crippen LogP contribution in [-0.4, -0.2) is 16.9 Å². The molecule has 0 aromatic carbocycles. The Balaban J connectivity index is 0.000000183. The first-order valence-electron chi connectivity index (χ1n) is 3.90. The van der Waals surface area contributed by atoms with Gasteiger partial charge in [0.25, 0.3) is 0 Å². The van der Waals surface area contributed by atoms with Gasteiger partial charge in [-0.05, 0) is 12.8 Å². The van der Waals surface area contributed by atoms with E-state index in [1.807, 2.05) is 6.92 Å². The van der Waals surface area contributed by atoms with E-state index in [0.717, 1.165) is 25.7 Å². The van der Waals surface area contributed by atoms with Crippen molar-refractivity contribution in [3.8, 4) is 0 Å². The van der Waals surface area contributed by atoms with Gasteiger partial charge in [-0.2, -0.15) is 0 Å². The SMILES string of the molecule is CCCC(=O)O.O=C1CCC1. The summed E-state index contributed by atoms with van der Waals surface area (Å²) in [6.45, 7) is 1.84. The lowest BCUT2D eigenvalue weighted by atomic mass is 9.99. The third-order valence-corrected chi connectivity index (χ3v) is 1.38. The molecule has 0 atom stereocenters. The summed E-state index contributed by atoms with van der Waals surface area (Å²) in [5.41, 5.74) is 0. The molecule has 1 aliphatic rings. The highest BCUT2D eigenvalue weighted by molar-refractivity contribution is 5.83. The van der Waals surface area contributed by atoms with Crippen molar-refractivity contribution in [1.82, 2.24) is 0 Å². The molecule has 1 saturated carbocycles. The normalized spacial score (nSPS) is 14.5. The van der Waals surface area contributed by atoms with Gasteiger partial charge < -0.3 is 5.11 Å². The highest BCUT2D eigenvalue weighted by Crippen LogP contribution is 2.10. The standard InChI is InChI=1S/C4H8O2.C4H6O/c1-2-3-4(5)6;5-4-2-1-3-4/h2-3H2,1H3,(H,5,6);1-3H2. The predicted octanol–water partition coefficient (Wildman–Crippen LogP) is 1.61. The second-order valence-corrected chi connectivity index (χ2v) is 2.54. The van der Waals surface area contributed by atoms with Crippen LogP contribution < -0.4 is 0 Å². The van der Waals surface area contributed by atoms with Gasteiger partial charge in [-0.15, -0.1) is 0 Å². The monoisotopic (exact) mass is 158 g/mol. The molecule has 0 aliphatic heterocycles. The van der Waals surface area contributed by atoms with E-state index in [1.165, 1.54) is 0 Å². The van der Waals surface area contributed by atoms with Gasteiger partial charge in [0.1, 0.15) is 5.78 Å².